The van der Waals surface area contributed by atoms with E-state index in [0.29, 0.717) is 11.1 Å². The van der Waals surface area contributed by atoms with Gasteiger partial charge in [-0.15, -0.1) is 0 Å². The Morgan fingerprint density at radius 2 is 1.54 bits per heavy atom. The first-order chi connectivity index (χ1) is 16.9. The van der Waals surface area contributed by atoms with Gasteiger partial charge < -0.3 is 29.0 Å². The molecule has 0 radical (unpaired) electrons. The molecule has 1 heterocycles. The van der Waals surface area contributed by atoms with E-state index in [1.165, 1.54) is 20.3 Å². The third-order valence-corrected chi connectivity index (χ3v) is 5.28. The van der Waals surface area contributed by atoms with Crippen LogP contribution in [-0.2, 0) is 28.5 Å². The van der Waals surface area contributed by atoms with Crippen LogP contribution < -0.4 is 5.32 Å². The molecule has 0 bridgehead atoms. The molecular formula is C26H29NO8. The minimum absolute atomic E-state index is 0.200. The van der Waals surface area contributed by atoms with Crippen molar-refractivity contribution in [1.29, 1.82) is 0 Å². The summed E-state index contributed by atoms with van der Waals surface area (Å²) < 4.78 is 28.6. The first-order valence-corrected chi connectivity index (χ1v) is 11.1. The van der Waals surface area contributed by atoms with Gasteiger partial charge in [-0.2, -0.15) is 0 Å². The van der Waals surface area contributed by atoms with Crippen molar-refractivity contribution in [1.82, 2.24) is 5.32 Å². The molecule has 1 saturated heterocycles. The van der Waals surface area contributed by atoms with E-state index >= 15 is 0 Å². The first-order valence-electron chi connectivity index (χ1n) is 11.1. The fourth-order valence-corrected chi connectivity index (χ4v) is 3.70. The molecule has 2 aromatic rings. The van der Waals surface area contributed by atoms with Crippen LogP contribution in [0.5, 0.6) is 0 Å². The number of nitrogens with one attached hydrogen (secondary N) is 1. The van der Waals surface area contributed by atoms with Crippen LogP contribution in [-0.4, -0.2) is 62.2 Å². The Balaban J connectivity index is 1.87. The molecule has 0 spiro atoms. The summed E-state index contributed by atoms with van der Waals surface area (Å²) >= 11 is 0. The monoisotopic (exact) mass is 483 g/mol. The van der Waals surface area contributed by atoms with Gasteiger partial charge in [-0.05, 0) is 31.2 Å². The average molecular weight is 484 g/mol. The highest BCUT2D eigenvalue weighted by Gasteiger charge is 2.50. The Kier molecular flexibility index (Phi) is 9.39. The molecule has 1 aliphatic heterocycles. The maximum atomic E-state index is 12.9. The highest BCUT2D eigenvalue weighted by Crippen LogP contribution is 2.28. The summed E-state index contributed by atoms with van der Waals surface area (Å²) in [6.07, 6.45) is -0.756. The van der Waals surface area contributed by atoms with Gasteiger partial charge in [0.1, 0.15) is 24.9 Å². The second-order valence-electron chi connectivity index (χ2n) is 7.78. The molecule has 5 atom stereocenters. The van der Waals surface area contributed by atoms with E-state index in [1.807, 2.05) is 0 Å². The van der Waals surface area contributed by atoms with Crippen molar-refractivity contribution < 1.29 is 38.1 Å². The van der Waals surface area contributed by atoms with E-state index < -0.39 is 42.6 Å². The minimum Gasteiger partial charge on any atom is -0.470 e. The zero-order valence-corrected chi connectivity index (χ0v) is 19.8. The predicted octanol–water partition coefficient (Wildman–Crippen LogP) is 2.86. The van der Waals surface area contributed by atoms with Gasteiger partial charge in [0.15, 0.2) is 6.10 Å². The van der Waals surface area contributed by atoms with Gasteiger partial charge in [0.2, 0.25) is 12.2 Å². The SMILES string of the molecule is CC=CO[C@H]1O[C@H](COC(=O)c2ccccc2)[C@@H](OC)[C@H](OC(=O)c2ccccc2)[C@@H]1NC(C)=O. The zero-order valence-electron chi connectivity index (χ0n) is 19.8. The maximum absolute atomic E-state index is 12.9. The summed E-state index contributed by atoms with van der Waals surface area (Å²) in [6.45, 7) is 2.88. The highest BCUT2D eigenvalue weighted by molar-refractivity contribution is 5.90. The van der Waals surface area contributed by atoms with Crippen LogP contribution in [0.3, 0.4) is 0 Å². The number of rotatable bonds is 9. The van der Waals surface area contributed by atoms with Crippen LogP contribution in [0.25, 0.3) is 0 Å². The molecule has 1 fully saturated rings. The summed E-state index contributed by atoms with van der Waals surface area (Å²) in [6, 6.07) is 16.0. The molecule has 186 valence electrons. The van der Waals surface area contributed by atoms with E-state index in [2.05, 4.69) is 5.32 Å². The lowest BCUT2D eigenvalue weighted by Crippen LogP contribution is -2.66. The molecule has 2 aromatic carbocycles. The van der Waals surface area contributed by atoms with Gasteiger partial charge in [-0.1, -0.05) is 42.5 Å². The Bertz CT molecular complexity index is 1010. The van der Waals surface area contributed by atoms with E-state index in [-0.39, 0.29) is 12.5 Å². The zero-order chi connectivity index (χ0) is 25.2. The van der Waals surface area contributed by atoms with E-state index in [0.717, 1.165) is 0 Å². The highest BCUT2D eigenvalue weighted by atomic mass is 16.7. The number of esters is 2. The number of methoxy groups -OCH3 is 1. The summed E-state index contributed by atoms with van der Waals surface area (Å²) in [7, 11) is 1.42. The smallest absolute Gasteiger partial charge is 0.338 e. The van der Waals surface area contributed by atoms with Gasteiger partial charge in [-0.3, -0.25) is 4.79 Å². The molecule has 3 rings (SSSR count). The van der Waals surface area contributed by atoms with E-state index in [9.17, 15) is 14.4 Å². The Morgan fingerprint density at radius 1 is 0.943 bits per heavy atom. The predicted molar refractivity (Wildman–Crippen MR) is 125 cm³/mol. The number of carbonyl (C=O) groups is 3. The number of carbonyl (C=O) groups excluding carboxylic acids is 3. The fourth-order valence-electron chi connectivity index (χ4n) is 3.70. The topological polar surface area (TPSA) is 109 Å². The van der Waals surface area contributed by atoms with Crippen molar-refractivity contribution in [2.24, 2.45) is 0 Å². The third kappa shape index (κ3) is 6.91. The molecule has 0 saturated carbocycles. The molecule has 0 aromatic heterocycles. The second-order valence-corrected chi connectivity index (χ2v) is 7.78. The Hall–Kier alpha value is -3.69. The summed E-state index contributed by atoms with van der Waals surface area (Å²) in [5, 5.41) is 2.74. The Labute approximate surface area is 204 Å². The van der Waals surface area contributed by atoms with E-state index in [1.54, 1.807) is 73.7 Å². The van der Waals surface area contributed by atoms with Crippen molar-refractivity contribution in [3.63, 3.8) is 0 Å². The summed E-state index contributed by atoms with van der Waals surface area (Å²) in [5.41, 5.74) is 0.704. The first kappa shape index (κ1) is 25.9. The molecule has 1 N–H and O–H groups in total. The van der Waals surface area contributed by atoms with Gasteiger partial charge in [0, 0.05) is 14.0 Å². The van der Waals surface area contributed by atoms with Crippen molar-refractivity contribution in [3.8, 4) is 0 Å². The van der Waals surface area contributed by atoms with Crippen LogP contribution in [0, 0.1) is 0 Å². The van der Waals surface area contributed by atoms with Gasteiger partial charge in [0.05, 0.1) is 17.4 Å². The lowest BCUT2D eigenvalue weighted by atomic mass is 9.96. The Morgan fingerprint density at radius 3 is 2.09 bits per heavy atom. The lowest BCUT2D eigenvalue weighted by Gasteiger charge is -2.44. The lowest BCUT2D eigenvalue weighted by molar-refractivity contribution is -0.259. The standard InChI is InChI=1S/C26H29NO8/c1-4-15-32-26-21(27-17(2)28)23(35-25(30)19-13-9-6-10-14-19)22(31-3)20(34-26)16-33-24(29)18-11-7-5-8-12-18/h4-15,20-23,26H,16H2,1-3H3,(H,27,28)/t20-,21+,22-,23-,26+/m1/s1. The maximum Gasteiger partial charge on any atom is 0.338 e. The van der Waals surface area contributed by atoms with Gasteiger partial charge >= 0.3 is 11.9 Å². The summed E-state index contributed by atoms with van der Waals surface area (Å²) in [4.78, 5) is 37.4. The van der Waals surface area contributed by atoms with Crippen LogP contribution in [0.1, 0.15) is 34.6 Å². The number of ether oxygens (including phenoxy) is 5. The molecule has 0 aliphatic carbocycles. The molecule has 1 aliphatic rings. The quantitative estimate of drug-likeness (QED) is 0.428. The van der Waals surface area contributed by atoms with Gasteiger partial charge in [-0.25, -0.2) is 9.59 Å². The van der Waals surface area contributed by atoms with Crippen molar-refractivity contribution >= 4 is 17.8 Å². The molecule has 0 unspecified atom stereocenters. The van der Waals surface area contributed by atoms with Crippen molar-refractivity contribution in [3.05, 3.63) is 84.1 Å². The van der Waals surface area contributed by atoms with Crippen LogP contribution in [0.4, 0.5) is 0 Å². The van der Waals surface area contributed by atoms with Crippen molar-refractivity contribution in [2.45, 2.75) is 44.5 Å². The van der Waals surface area contributed by atoms with Crippen LogP contribution in [0.2, 0.25) is 0 Å². The number of benzene rings is 2. The number of hydrogen-bond acceptors (Lipinski definition) is 8. The van der Waals surface area contributed by atoms with Crippen LogP contribution in [0.15, 0.2) is 73.0 Å². The fraction of sp³-hybridized carbons (Fsp3) is 0.346. The number of allylic oxidation sites excluding steroid dienone is 1. The van der Waals surface area contributed by atoms with Crippen LogP contribution >= 0.6 is 0 Å². The van der Waals surface area contributed by atoms with Gasteiger partial charge in [0.25, 0.3) is 0 Å². The molecule has 9 nitrogen and oxygen atoms in total. The minimum atomic E-state index is -1.05. The largest absolute Gasteiger partial charge is 0.470 e. The van der Waals surface area contributed by atoms with E-state index in [4.69, 9.17) is 23.7 Å². The number of hydrogen-bond donors (Lipinski definition) is 1. The third-order valence-electron chi connectivity index (χ3n) is 5.28. The molecule has 1 amide bonds. The summed E-state index contributed by atoms with van der Waals surface area (Å²) in [5.74, 6) is -1.53. The average Bonchev–Trinajstić information content (AvgIpc) is 2.88. The molecular weight excluding hydrogens is 454 g/mol. The van der Waals surface area contributed by atoms with Crippen molar-refractivity contribution in [2.75, 3.05) is 13.7 Å². The second kappa shape index (κ2) is 12.7. The molecule has 9 heteroatoms. The molecule has 35 heavy (non-hydrogen) atoms. The number of amides is 1. The normalized spacial score (nSPS) is 23.9.